The Morgan fingerprint density at radius 3 is 2.46 bits per heavy atom. The highest BCUT2D eigenvalue weighted by atomic mass is 16.5. The smallest absolute Gasteiger partial charge is 0.341 e. The normalized spacial score (nSPS) is 10.5. The van der Waals surface area contributed by atoms with E-state index in [0.29, 0.717) is 28.2 Å². The van der Waals surface area contributed by atoms with E-state index in [1.54, 1.807) is 43.5 Å². The lowest BCUT2D eigenvalue weighted by Crippen LogP contribution is -2.09. The van der Waals surface area contributed by atoms with Gasteiger partial charge in [0.05, 0.1) is 12.5 Å². The number of hydrogen-bond donors (Lipinski definition) is 1. The third-order valence-electron chi connectivity index (χ3n) is 3.44. The van der Waals surface area contributed by atoms with Crippen LogP contribution in [0.15, 0.2) is 57.7 Å². The molecule has 24 heavy (non-hydrogen) atoms. The highest BCUT2D eigenvalue weighted by Gasteiger charge is 2.09. The average Bonchev–Trinajstić information content (AvgIpc) is 2.60. The monoisotopic (exact) mass is 326 g/mol. The Labute approximate surface area is 136 Å². The SMILES string of the molecule is COc1ccc(-c2cc(=O)c3cc(OCC(=O)O)ccc3o2)cc1. The molecule has 1 heterocycles. The fourth-order valence-electron chi connectivity index (χ4n) is 2.27. The summed E-state index contributed by atoms with van der Waals surface area (Å²) in [6, 6.07) is 13.2. The van der Waals surface area contributed by atoms with Crippen molar-refractivity contribution in [2.75, 3.05) is 13.7 Å². The van der Waals surface area contributed by atoms with Crippen LogP contribution in [-0.4, -0.2) is 24.8 Å². The Morgan fingerprint density at radius 2 is 1.79 bits per heavy atom. The zero-order chi connectivity index (χ0) is 17.1. The summed E-state index contributed by atoms with van der Waals surface area (Å²) in [5, 5.41) is 8.96. The van der Waals surface area contributed by atoms with Gasteiger partial charge in [0.25, 0.3) is 0 Å². The number of methoxy groups -OCH3 is 1. The Bertz CT molecular complexity index is 940. The number of hydrogen-bond acceptors (Lipinski definition) is 5. The number of aliphatic carboxylic acids is 1. The van der Waals surface area contributed by atoms with Crippen LogP contribution in [0.1, 0.15) is 0 Å². The van der Waals surface area contributed by atoms with Crippen molar-refractivity contribution in [3.63, 3.8) is 0 Å². The van der Waals surface area contributed by atoms with E-state index < -0.39 is 12.6 Å². The maximum atomic E-state index is 12.3. The van der Waals surface area contributed by atoms with E-state index in [2.05, 4.69) is 0 Å². The van der Waals surface area contributed by atoms with Gasteiger partial charge < -0.3 is 19.0 Å². The molecule has 0 saturated heterocycles. The molecule has 0 saturated carbocycles. The van der Waals surface area contributed by atoms with Crippen LogP contribution in [0.2, 0.25) is 0 Å². The van der Waals surface area contributed by atoms with Crippen molar-refractivity contribution >= 4 is 16.9 Å². The minimum absolute atomic E-state index is 0.233. The van der Waals surface area contributed by atoms with Crippen LogP contribution in [0.5, 0.6) is 11.5 Å². The summed E-state index contributed by atoms with van der Waals surface area (Å²) >= 11 is 0. The lowest BCUT2D eigenvalue weighted by Gasteiger charge is -2.07. The molecule has 0 atom stereocenters. The zero-order valence-corrected chi connectivity index (χ0v) is 12.8. The molecule has 0 bridgehead atoms. The molecular weight excluding hydrogens is 312 g/mol. The number of benzene rings is 2. The summed E-state index contributed by atoms with van der Waals surface area (Å²) in [4.78, 5) is 22.9. The first kappa shape index (κ1) is 15.6. The summed E-state index contributed by atoms with van der Waals surface area (Å²) in [5.74, 6) is 0.364. The first-order chi connectivity index (χ1) is 11.6. The maximum Gasteiger partial charge on any atom is 0.341 e. The molecule has 3 rings (SSSR count). The highest BCUT2D eigenvalue weighted by Crippen LogP contribution is 2.26. The van der Waals surface area contributed by atoms with E-state index in [-0.39, 0.29) is 5.43 Å². The lowest BCUT2D eigenvalue weighted by molar-refractivity contribution is -0.139. The Kier molecular flexibility index (Phi) is 4.20. The molecule has 0 aliphatic carbocycles. The fourth-order valence-corrected chi connectivity index (χ4v) is 2.27. The van der Waals surface area contributed by atoms with Crippen molar-refractivity contribution in [1.82, 2.24) is 0 Å². The van der Waals surface area contributed by atoms with Gasteiger partial charge in [0.2, 0.25) is 0 Å². The summed E-state index contributed by atoms with van der Waals surface area (Å²) in [6.45, 7) is -0.471. The minimum Gasteiger partial charge on any atom is -0.497 e. The van der Waals surface area contributed by atoms with Gasteiger partial charge in [0.15, 0.2) is 12.0 Å². The second-order valence-electron chi connectivity index (χ2n) is 5.04. The van der Waals surface area contributed by atoms with Gasteiger partial charge in [0, 0.05) is 11.6 Å². The van der Waals surface area contributed by atoms with Crippen LogP contribution in [0.4, 0.5) is 0 Å². The van der Waals surface area contributed by atoms with Crippen molar-refractivity contribution < 1.29 is 23.8 Å². The summed E-state index contributed by atoms with van der Waals surface area (Å²) in [6.07, 6.45) is 0. The van der Waals surface area contributed by atoms with E-state index in [1.807, 2.05) is 0 Å². The van der Waals surface area contributed by atoms with E-state index in [9.17, 15) is 9.59 Å². The maximum absolute atomic E-state index is 12.3. The number of ether oxygens (including phenoxy) is 2. The summed E-state index contributed by atoms with van der Waals surface area (Å²) in [7, 11) is 1.58. The van der Waals surface area contributed by atoms with Crippen LogP contribution in [-0.2, 0) is 4.79 Å². The third-order valence-corrected chi connectivity index (χ3v) is 3.44. The molecular formula is C18H14O6. The molecule has 0 fully saturated rings. The molecule has 3 aromatic rings. The summed E-state index contributed by atoms with van der Waals surface area (Å²) in [5.41, 5.74) is 0.917. The Hall–Kier alpha value is -3.28. The minimum atomic E-state index is -1.09. The Morgan fingerprint density at radius 1 is 1.08 bits per heavy atom. The second kappa shape index (κ2) is 6.45. The van der Waals surface area contributed by atoms with Crippen molar-refractivity contribution in [1.29, 1.82) is 0 Å². The quantitative estimate of drug-likeness (QED) is 0.776. The number of carboxylic acids is 1. The van der Waals surface area contributed by atoms with Crippen LogP contribution >= 0.6 is 0 Å². The van der Waals surface area contributed by atoms with Gasteiger partial charge in [-0.15, -0.1) is 0 Å². The number of carbonyl (C=O) groups is 1. The molecule has 1 aromatic heterocycles. The van der Waals surface area contributed by atoms with Crippen LogP contribution in [0, 0.1) is 0 Å². The Balaban J connectivity index is 1.99. The van der Waals surface area contributed by atoms with Gasteiger partial charge in [-0.3, -0.25) is 4.79 Å². The van der Waals surface area contributed by atoms with Gasteiger partial charge >= 0.3 is 5.97 Å². The largest absolute Gasteiger partial charge is 0.497 e. The van der Waals surface area contributed by atoms with Crippen LogP contribution < -0.4 is 14.9 Å². The first-order valence-corrected chi connectivity index (χ1v) is 7.14. The van der Waals surface area contributed by atoms with Gasteiger partial charge in [-0.1, -0.05) is 0 Å². The van der Waals surface area contributed by atoms with E-state index >= 15 is 0 Å². The van der Waals surface area contributed by atoms with E-state index in [4.69, 9.17) is 19.0 Å². The standard InChI is InChI=1S/C18H14O6/c1-22-12-4-2-11(3-5-12)17-9-15(19)14-8-13(23-10-18(20)21)6-7-16(14)24-17/h2-9H,10H2,1H3,(H,20,21). The molecule has 0 aliphatic heterocycles. The topological polar surface area (TPSA) is 86.0 Å². The van der Waals surface area contributed by atoms with Crippen LogP contribution in [0.25, 0.3) is 22.3 Å². The number of fused-ring (bicyclic) bond motifs is 1. The zero-order valence-electron chi connectivity index (χ0n) is 12.8. The van der Waals surface area contributed by atoms with Crippen molar-refractivity contribution in [2.45, 2.75) is 0 Å². The van der Waals surface area contributed by atoms with Crippen LogP contribution in [0.3, 0.4) is 0 Å². The van der Waals surface area contributed by atoms with Crippen molar-refractivity contribution in [3.05, 3.63) is 58.8 Å². The van der Waals surface area contributed by atoms with Gasteiger partial charge in [0.1, 0.15) is 22.8 Å². The first-order valence-electron chi connectivity index (χ1n) is 7.14. The summed E-state index contributed by atoms with van der Waals surface area (Å²) < 4.78 is 16.0. The molecule has 6 nitrogen and oxygen atoms in total. The van der Waals surface area contributed by atoms with E-state index in [1.165, 1.54) is 12.1 Å². The van der Waals surface area contributed by atoms with Crippen molar-refractivity contribution in [2.24, 2.45) is 0 Å². The molecule has 122 valence electrons. The van der Waals surface area contributed by atoms with Gasteiger partial charge in [-0.05, 0) is 42.5 Å². The molecule has 0 aliphatic rings. The average molecular weight is 326 g/mol. The van der Waals surface area contributed by atoms with E-state index in [0.717, 1.165) is 5.56 Å². The molecule has 0 radical (unpaired) electrons. The predicted molar refractivity (Wildman–Crippen MR) is 87.6 cm³/mol. The van der Waals surface area contributed by atoms with Gasteiger partial charge in [-0.2, -0.15) is 0 Å². The second-order valence-corrected chi connectivity index (χ2v) is 5.04. The molecule has 1 N–H and O–H groups in total. The third kappa shape index (κ3) is 3.22. The molecule has 0 spiro atoms. The molecule has 0 amide bonds. The predicted octanol–water partition coefficient (Wildman–Crippen LogP) is 2.93. The fraction of sp³-hybridized carbons (Fsp3) is 0.111. The highest BCUT2D eigenvalue weighted by molar-refractivity contribution is 5.80. The van der Waals surface area contributed by atoms with Gasteiger partial charge in [-0.25, -0.2) is 4.79 Å². The molecule has 2 aromatic carbocycles. The lowest BCUT2D eigenvalue weighted by atomic mass is 10.1. The molecule has 0 unspecified atom stereocenters. The van der Waals surface area contributed by atoms with Crippen molar-refractivity contribution in [3.8, 4) is 22.8 Å². The molecule has 6 heteroatoms. The number of rotatable bonds is 5. The number of carboxylic acid groups (broad SMARTS) is 1.